The molecule has 1 unspecified atom stereocenters. The smallest absolute Gasteiger partial charge is 0.319 e. The molecule has 25 heavy (non-hydrogen) atoms. The van der Waals surface area contributed by atoms with Crippen LogP contribution in [0.2, 0.25) is 0 Å². The predicted molar refractivity (Wildman–Crippen MR) is 85.2 cm³/mol. The fourth-order valence-electron chi connectivity index (χ4n) is 2.56. The van der Waals surface area contributed by atoms with E-state index in [4.69, 9.17) is 4.74 Å². The van der Waals surface area contributed by atoms with Gasteiger partial charge in [-0.15, -0.1) is 0 Å². The lowest BCUT2D eigenvalue weighted by Crippen LogP contribution is -2.33. The second kappa shape index (κ2) is 6.92. The second-order valence-corrected chi connectivity index (χ2v) is 6.01. The number of likely N-dealkylation sites (tertiary alicyclic amines) is 1. The molecule has 8 heteroatoms. The molecule has 1 atom stereocenters. The fraction of sp³-hybridized carbons (Fsp3) is 0.353. The average molecular weight is 344 g/mol. The Balaban J connectivity index is 1.72. The van der Waals surface area contributed by atoms with Gasteiger partial charge in [0.25, 0.3) is 5.91 Å². The van der Waals surface area contributed by atoms with E-state index in [2.05, 4.69) is 15.0 Å². The molecule has 1 aromatic heterocycles. The van der Waals surface area contributed by atoms with Gasteiger partial charge in [0.15, 0.2) is 0 Å². The Hall–Kier alpha value is -2.90. The fourth-order valence-corrected chi connectivity index (χ4v) is 2.56. The van der Waals surface area contributed by atoms with Crippen molar-refractivity contribution in [3.05, 3.63) is 47.8 Å². The van der Waals surface area contributed by atoms with Gasteiger partial charge in [-0.25, -0.2) is 9.37 Å². The normalized spacial score (nSPS) is 17.4. The van der Waals surface area contributed by atoms with Crippen molar-refractivity contribution in [2.24, 2.45) is 0 Å². The minimum absolute atomic E-state index is 0.0533. The van der Waals surface area contributed by atoms with Gasteiger partial charge in [-0.05, 0) is 31.5 Å². The monoisotopic (exact) mass is 344 g/mol. The van der Waals surface area contributed by atoms with Crippen LogP contribution >= 0.6 is 0 Å². The van der Waals surface area contributed by atoms with Gasteiger partial charge in [-0.1, -0.05) is 12.1 Å². The molecule has 1 aliphatic heterocycles. The molecule has 0 saturated carbocycles. The molecule has 0 radical (unpaired) electrons. The summed E-state index contributed by atoms with van der Waals surface area (Å²) in [6, 6.07) is 5.84. The zero-order valence-corrected chi connectivity index (χ0v) is 13.8. The third kappa shape index (κ3) is 3.62. The lowest BCUT2D eigenvalue weighted by Gasteiger charge is -2.19. The summed E-state index contributed by atoms with van der Waals surface area (Å²) in [7, 11) is 0. The summed E-state index contributed by atoms with van der Waals surface area (Å²) in [5.41, 5.74) is 0.751. The van der Waals surface area contributed by atoms with Gasteiger partial charge in [0.2, 0.25) is 5.78 Å². The highest BCUT2D eigenvalue weighted by Crippen LogP contribution is 2.24. The first-order chi connectivity index (χ1) is 12.0. The number of hydrogen-bond acceptors (Lipinski definition) is 6. The topological polar surface area (TPSA) is 85.3 Å². The highest BCUT2D eigenvalue weighted by atomic mass is 19.1. The standard InChI is InChI=1S/C17H17FN4O3/c1-10(2)22-7-13(14(23)16(22)24)15-19-9-20-17(21-15)25-8-11-3-5-12(18)6-4-11/h3-6,9-10,13H,7-8H2,1-2H3. The number of amides is 1. The van der Waals surface area contributed by atoms with Crippen molar-refractivity contribution in [1.29, 1.82) is 0 Å². The van der Waals surface area contributed by atoms with Crippen LogP contribution in [0.3, 0.4) is 0 Å². The zero-order valence-electron chi connectivity index (χ0n) is 13.8. The van der Waals surface area contributed by atoms with Crippen molar-refractivity contribution in [3.63, 3.8) is 0 Å². The first kappa shape index (κ1) is 16.9. The molecule has 1 fully saturated rings. The Morgan fingerprint density at radius 3 is 2.60 bits per heavy atom. The number of nitrogens with zero attached hydrogens (tertiary/aromatic N) is 4. The molecule has 0 N–H and O–H groups in total. The molecule has 1 saturated heterocycles. The lowest BCUT2D eigenvalue weighted by atomic mass is 10.1. The highest BCUT2D eigenvalue weighted by Gasteiger charge is 2.42. The van der Waals surface area contributed by atoms with Crippen LogP contribution in [0.4, 0.5) is 4.39 Å². The summed E-state index contributed by atoms with van der Waals surface area (Å²) in [5.74, 6) is -1.87. The number of carbonyl (C=O) groups is 2. The second-order valence-electron chi connectivity index (χ2n) is 6.01. The lowest BCUT2D eigenvalue weighted by molar-refractivity contribution is -0.141. The van der Waals surface area contributed by atoms with E-state index >= 15 is 0 Å². The summed E-state index contributed by atoms with van der Waals surface area (Å²) in [4.78, 5) is 37.7. The Bertz CT molecular complexity index is 795. The van der Waals surface area contributed by atoms with Crippen LogP contribution in [0.25, 0.3) is 0 Å². The van der Waals surface area contributed by atoms with E-state index in [-0.39, 0.29) is 36.8 Å². The molecule has 1 amide bonds. The number of hydrogen-bond donors (Lipinski definition) is 0. The van der Waals surface area contributed by atoms with E-state index in [0.29, 0.717) is 0 Å². The molecular formula is C17H17FN4O3. The van der Waals surface area contributed by atoms with Gasteiger partial charge < -0.3 is 9.64 Å². The van der Waals surface area contributed by atoms with Crippen LogP contribution < -0.4 is 4.74 Å². The molecule has 1 aliphatic rings. The summed E-state index contributed by atoms with van der Waals surface area (Å²) >= 11 is 0. The first-order valence-electron chi connectivity index (χ1n) is 7.86. The van der Waals surface area contributed by atoms with Crippen LogP contribution in [0.15, 0.2) is 30.6 Å². The number of aromatic nitrogens is 3. The van der Waals surface area contributed by atoms with Gasteiger partial charge in [0, 0.05) is 12.6 Å². The number of carbonyl (C=O) groups excluding carboxylic acids is 2. The molecule has 3 rings (SSSR count). The minimum Gasteiger partial charge on any atom is -0.459 e. The van der Waals surface area contributed by atoms with Crippen LogP contribution in [0, 0.1) is 5.82 Å². The van der Waals surface area contributed by atoms with E-state index in [0.717, 1.165) is 5.56 Å². The maximum absolute atomic E-state index is 12.9. The van der Waals surface area contributed by atoms with E-state index in [1.54, 1.807) is 12.1 Å². The third-order valence-electron chi connectivity index (χ3n) is 3.95. The van der Waals surface area contributed by atoms with Gasteiger partial charge in [-0.3, -0.25) is 9.59 Å². The molecule has 0 aliphatic carbocycles. The van der Waals surface area contributed by atoms with Gasteiger partial charge in [0.05, 0.1) is 0 Å². The molecule has 2 heterocycles. The van der Waals surface area contributed by atoms with Crippen molar-refractivity contribution in [3.8, 4) is 6.01 Å². The van der Waals surface area contributed by atoms with Crippen molar-refractivity contribution in [2.45, 2.75) is 32.4 Å². The Morgan fingerprint density at radius 1 is 1.24 bits per heavy atom. The number of ether oxygens (including phenoxy) is 1. The zero-order chi connectivity index (χ0) is 18.0. The average Bonchev–Trinajstić information content (AvgIpc) is 2.90. The molecule has 0 bridgehead atoms. The third-order valence-corrected chi connectivity index (χ3v) is 3.95. The SMILES string of the molecule is CC(C)N1CC(c2ncnc(OCc3ccc(F)cc3)n2)C(=O)C1=O. The van der Waals surface area contributed by atoms with Crippen LogP contribution in [-0.2, 0) is 16.2 Å². The summed E-state index contributed by atoms with van der Waals surface area (Å²) in [5, 5.41) is 0. The Labute approximate surface area is 143 Å². The van der Waals surface area contributed by atoms with Crippen molar-refractivity contribution in [1.82, 2.24) is 19.9 Å². The van der Waals surface area contributed by atoms with E-state index in [9.17, 15) is 14.0 Å². The number of halogens is 1. The van der Waals surface area contributed by atoms with E-state index < -0.39 is 17.6 Å². The molecule has 1 aromatic carbocycles. The Morgan fingerprint density at radius 2 is 1.96 bits per heavy atom. The number of rotatable bonds is 5. The maximum Gasteiger partial charge on any atom is 0.319 e. The molecular weight excluding hydrogens is 327 g/mol. The van der Waals surface area contributed by atoms with E-state index in [1.165, 1.54) is 23.4 Å². The molecule has 0 spiro atoms. The van der Waals surface area contributed by atoms with Crippen LogP contribution in [-0.4, -0.2) is 44.1 Å². The van der Waals surface area contributed by atoms with Crippen LogP contribution in [0.5, 0.6) is 6.01 Å². The van der Waals surface area contributed by atoms with Crippen LogP contribution in [0.1, 0.15) is 31.2 Å². The first-order valence-corrected chi connectivity index (χ1v) is 7.86. The van der Waals surface area contributed by atoms with E-state index in [1.807, 2.05) is 13.8 Å². The number of Topliss-reactive ketones (excluding diaryl/α,β-unsaturated/α-hetero) is 1. The van der Waals surface area contributed by atoms with Crippen molar-refractivity contribution in [2.75, 3.05) is 6.54 Å². The summed E-state index contributed by atoms with van der Waals surface area (Å²) in [6.07, 6.45) is 1.25. The van der Waals surface area contributed by atoms with Gasteiger partial charge in [-0.2, -0.15) is 9.97 Å². The largest absolute Gasteiger partial charge is 0.459 e. The molecule has 2 aromatic rings. The van der Waals surface area contributed by atoms with Crippen molar-refractivity contribution >= 4 is 11.7 Å². The predicted octanol–water partition coefficient (Wildman–Crippen LogP) is 1.49. The number of benzene rings is 1. The van der Waals surface area contributed by atoms with Crippen molar-refractivity contribution < 1.29 is 18.7 Å². The minimum atomic E-state index is -0.717. The highest BCUT2D eigenvalue weighted by molar-refractivity contribution is 6.40. The Kier molecular flexibility index (Phi) is 4.69. The van der Waals surface area contributed by atoms with Gasteiger partial charge >= 0.3 is 6.01 Å². The van der Waals surface area contributed by atoms with Gasteiger partial charge in [0.1, 0.15) is 30.5 Å². The molecule has 130 valence electrons. The summed E-state index contributed by atoms with van der Waals surface area (Å²) < 4.78 is 18.4. The quantitative estimate of drug-likeness (QED) is 0.764. The summed E-state index contributed by atoms with van der Waals surface area (Å²) in [6.45, 7) is 4.09. The number of ketones is 1. The molecule has 7 nitrogen and oxygen atoms in total. The maximum atomic E-state index is 12.9.